The molecule has 3 aromatic carbocycles. The summed E-state index contributed by atoms with van der Waals surface area (Å²) in [5.41, 5.74) is 1.17. The highest BCUT2D eigenvalue weighted by Gasteiger charge is 2.18. The highest BCUT2D eigenvalue weighted by molar-refractivity contribution is 6.38. The minimum Gasteiger partial charge on any atom is -0.389 e. The van der Waals surface area contributed by atoms with Crippen molar-refractivity contribution in [1.29, 1.82) is 0 Å². The van der Waals surface area contributed by atoms with Crippen LogP contribution in [-0.2, 0) is 11.3 Å². The van der Waals surface area contributed by atoms with E-state index in [-0.39, 0.29) is 23.6 Å². The van der Waals surface area contributed by atoms with Crippen LogP contribution >= 0.6 is 23.2 Å². The third kappa shape index (κ3) is 5.39. The van der Waals surface area contributed by atoms with Gasteiger partial charge in [-0.15, -0.1) is 0 Å². The van der Waals surface area contributed by atoms with Crippen LogP contribution in [-0.4, -0.2) is 27.4 Å². The van der Waals surface area contributed by atoms with E-state index in [1.165, 1.54) is 47.3 Å². The smallest absolute Gasteiger partial charge is 0.261 e. The Bertz CT molecular complexity index is 1280. The molecule has 0 aliphatic rings. The largest absolute Gasteiger partial charge is 0.389 e. The Kier molecular flexibility index (Phi) is 7.05. The summed E-state index contributed by atoms with van der Waals surface area (Å²) in [7, 11) is 0. The molecular formula is C24H18Cl2F2N2O3. The predicted octanol–water partition coefficient (Wildman–Crippen LogP) is 5.15. The van der Waals surface area contributed by atoms with E-state index in [9.17, 15) is 18.7 Å². The van der Waals surface area contributed by atoms with Crippen LogP contribution in [0.4, 0.5) is 8.78 Å². The van der Waals surface area contributed by atoms with E-state index in [1.54, 1.807) is 24.3 Å². The van der Waals surface area contributed by atoms with Crippen LogP contribution in [0.1, 0.15) is 17.2 Å². The van der Waals surface area contributed by atoms with Crippen molar-refractivity contribution in [1.82, 2.24) is 9.55 Å². The number of aliphatic hydroxyl groups excluding tert-OH is 1. The zero-order chi connectivity index (χ0) is 23.5. The van der Waals surface area contributed by atoms with Gasteiger partial charge in [-0.3, -0.25) is 9.36 Å². The normalized spacial score (nSPS) is 12.4. The van der Waals surface area contributed by atoms with Crippen LogP contribution in [0.15, 0.2) is 71.8 Å². The van der Waals surface area contributed by atoms with Crippen LogP contribution in [0.2, 0.25) is 10.0 Å². The first-order valence-corrected chi connectivity index (χ1v) is 10.7. The van der Waals surface area contributed by atoms with Crippen LogP contribution in [0.3, 0.4) is 0 Å². The molecule has 1 N–H and O–H groups in total. The summed E-state index contributed by atoms with van der Waals surface area (Å²) in [5, 5.41) is 11.3. The summed E-state index contributed by atoms with van der Waals surface area (Å²) in [6.45, 7) is -0.244. The SMILES string of the molecule is O=c1c2cc(Cl)cc(Cl)c2ncn1CC(O)COC(c1ccc(F)cc1)c1ccc(F)cc1. The summed E-state index contributed by atoms with van der Waals surface area (Å²) in [5.74, 6) is -0.806. The Morgan fingerprint density at radius 1 is 0.970 bits per heavy atom. The number of fused-ring (bicyclic) bond motifs is 1. The molecule has 1 unspecified atom stereocenters. The summed E-state index contributed by atoms with van der Waals surface area (Å²) < 4.78 is 33.9. The number of hydrogen-bond donors (Lipinski definition) is 1. The Morgan fingerprint density at radius 2 is 1.55 bits per heavy atom. The fourth-order valence-corrected chi connectivity index (χ4v) is 4.01. The number of aromatic nitrogens is 2. The Hall–Kier alpha value is -2.84. The van der Waals surface area contributed by atoms with Crippen molar-refractivity contribution in [2.24, 2.45) is 0 Å². The predicted molar refractivity (Wildman–Crippen MR) is 123 cm³/mol. The average molecular weight is 491 g/mol. The molecule has 9 heteroatoms. The van der Waals surface area contributed by atoms with Crippen molar-refractivity contribution in [2.75, 3.05) is 6.61 Å². The third-order valence-corrected chi connectivity index (χ3v) is 5.56. The first-order valence-electron chi connectivity index (χ1n) is 9.96. The van der Waals surface area contributed by atoms with Gasteiger partial charge in [0.15, 0.2) is 0 Å². The lowest BCUT2D eigenvalue weighted by atomic mass is 10.0. The zero-order valence-corrected chi connectivity index (χ0v) is 18.6. The van der Waals surface area contributed by atoms with E-state index in [1.807, 2.05) is 0 Å². The molecule has 0 amide bonds. The Balaban J connectivity index is 1.53. The van der Waals surface area contributed by atoms with E-state index < -0.39 is 29.4 Å². The zero-order valence-electron chi connectivity index (χ0n) is 17.1. The van der Waals surface area contributed by atoms with Gasteiger partial charge in [0.1, 0.15) is 17.7 Å². The molecular weight excluding hydrogens is 473 g/mol. The Morgan fingerprint density at radius 3 is 2.12 bits per heavy atom. The summed E-state index contributed by atoms with van der Waals surface area (Å²) >= 11 is 12.1. The lowest BCUT2D eigenvalue weighted by Crippen LogP contribution is -2.30. The van der Waals surface area contributed by atoms with Crippen molar-refractivity contribution in [2.45, 2.75) is 18.8 Å². The van der Waals surface area contributed by atoms with Gasteiger partial charge >= 0.3 is 0 Å². The number of hydrogen-bond acceptors (Lipinski definition) is 4. The maximum absolute atomic E-state index is 13.4. The Labute approximate surface area is 197 Å². The van der Waals surface area contributed by atoms with Gasteiger partial charge in [0.05, 0.1) is 41.5 Å². The van der Waals surface area contributed by atoms with E-state index in [4.69, 9.17) is 27.9 Å². The van der Waals surface area contributed by atoms with Gasteiger partial charge in [-0.1, -0.05) is 47.5 Å². The maximum Gasteiger partial charge on any atom is 0.261 e. The molecule has 170 valence electrons. The second kappa shape index (κ2) is 9.97. The second-order valence-corrected chi connectivity index (χ2v) is 8.30. The maximum atomic E-state index is 13.4. The third-order valence-electron chi connectivity index (χ3n) is 5.05. The molecule has 5 nitrogen and oxygen atoms in total. The molecule has 33 heavy (non-hydrogen) atoms. The molecule has 0 aliphatic carbocycles. The standard InChI is InChI=1S/C24H18Cl2F2N2O3/c25-16-9-20-22(21(26)10-16)29-13-30(24(20)32)11-19(31)12-33-23(14-1-5-17(27)6-2-14)15-3-7-18(28)8-4-15/h1-10,13,19,23,31H,11-12H2. The van der Waals surface area contributed by atoms with Crippen LogP contribution in [0, 0.1) is 11.6 Å². The molecule has 1 atom stereocenters. The first kappa shape index (κ1) is 23.3. The fourth-order valence-electron chi connectivity index (χ4n) is 3.47. The van der Waals surface area contributed by atoms with Crippen molar-refractivity contribution in [3.63, 3.8) is 0 Å². The molecule has 4 aromatic rings. The summed E-state index contributed by atoms with van der Waals surface area (Å²) in [6, 6.07) is 14.4. The van der Waals surface area contributed by atoms with Crippen molar-refractivity contribution in [3.05, 3.63) is 110 Å². The molecule has 0 radical (unpaired) electrons. The quantitative estimate of drug-likeness (QED) is 0.389. The first-order chi connectivity index (χ1) is 15.8. The number of benzene rings is 3. The summed E-state index contributed by atoms with van der Waals surface area (Å²) in [4.78, 5) is 17.0. The average Bonchev–Trinajstić information content (AvgIpc) is 2.78. The van der Waals surface area contributed by atoms with E-state index in [2.05, 4.69) is 4.98 Å². The molecule has 0 spiro atoms. The van der Waals surface area contributed by atoms with Gasteiger partial charge in [0, 0.05) is 5.02 Å². The number of nitrogens with zero attached hydrogens (tertiary/aromatic N) is 2. The number of halogens is 4. The lowest BCUT2D eigenvalue weighted by Gasteiger charge is -2.21. The van der Waals surface area contributed by atoms with E-state index >= 15 is 0 Å². The highest BCUT2D eigenvalue weighted by Crippen LogP contribution is 2.27. The molecule has 0 saturated heterocycles. The second-order valence-electron chi connectivity index (χ2n) is 7.46. The van der Waals surface area contributed by atoms with Gasteiger partial charge in [0.25, 0.3) is 5.56 Å². The molecule has 0 saturated carbocycles. The van der Waals surface area contributed by atoms with Gasteiger partial charge in [-0.25, -0.2) is 13.8 Å². The number of rotatable bonds is 7. The number of aliphatic hydroxyl groups is 1. The molecule has 0 aliphatic heterocycles. The molecule has 1 heterocycles. The fraction of sp³-hybridized carbons (Fsp3) is 0.167. The molecule has 4 rings (SSSR count). The van der Waals surface area contributed by atoms with Crippen molar-refractivity contribution in [3.8, 4) is 0 Å². The van der Waals surface area contributed by atoms with Gasteiger partial charge in [0.2, 0.25) is 0 Å². The van der Waals surface area contributed by atoms with Crippen molar-refractivity contribution < 1.29 is 18.6 Å². The van der Waals surface area contributed by atoms with Crippen LogP contribution < -0.4 is 5.56 Å². The molecule has 0 fully saturated rings. The monoisotopic (exact) mass is 490 g/mol. The minimum atomic E-state index is -1.07. The van der Waals surface area contributed by atoms with Crippen molar-refractivity contribution >= 4 is 34.1 Å². The topological polar surface area (TPSA) is 64.4 Å². The summed E-state index contributed by atoms with van der Waals surface area (Å²) in [6.07, 6.45) is -0.449. The molecule has 1 aromatic heterocycles. The molecule has 0 bridgehead atoms. The number of ether oxygens (including phenoxy) is 1. The highest BCUT2D eigenvalue weighted by atomic mass is 35.5. The van der Waals surface area contributed by atoms with Crippen LogP contribution in [0.25, 0.3) is 10.9 Å². The van der Waals surface area contributed by atoms with Gasteiger partial charge in [-0.05, 0) is 47.5 Å². The lowest BCUT2D eigenvalue weighted by molar-refractivity contribution is -0.00103. The van der Waals surface area contributed by atoms with Gasteiger partial charge in [-0.2, -0.15) is 0 Å². The van der Waals surface area contributed by atoms with Crippen LogP contribution in [0.5, 0.6) is 0 Å². The van der Waals surface area contributed by atoms with E-state index in [0.717, 1.165) is 0 Å². The van der Waals surface area contributed by atoms with E-state index in [0.29, 0.717) is 21.7 Å². The minimum absolute atomic E-state index is 0.0918. The van der Waals surface area contributed by atoms with Gasteiger partial charge < -0.3 is 9.84 Å².